The molecular weight excluding hydrogens is 302 g/mol. The van der Waals surface area contributed by atoms with Crippen LogP contribution in [0, 0.1) is 11.8 Å². The molecule has 2 aliphatic carbocycles. The number of rotatable bonds is 5. The predicted molar refractivity (Wildman–Crippen MR) is 93.7 cm³/mol. The summed E-state index contributed by atoms with van der Waals surface area (Å²) < 4.78 is 0. The van der Waals surface area contributed by atoms with Crippen molar-refractivity contribution in [2.45, 2.75) is 76.5 Å². The maximum atomic E-state index is 10.4. The topological polar surface area (TPSA) is 78.3 Å². The van der Waals surface area contributed by atoms with Gasteiger partial charge in [-0.1, -0.05) is 27.2 Å². The molecule has 1 aromatic rings. The molecule has 0 amide bonds. The van der Waals surface area contributed by atoms with E-state index in [0.29, 0.717) is 6.04 Å². The summed E-state index contributed by atoms with van der Waals surface area (Å²) in [6.07, 6.45) is 6.65. The van der Waals surface area contributed by atoms with Crippen molar-refractivity contribution in [1.82, 2.24) is 15.3 Å². The van der Waals surface area contributed by atoms with Crippen molar-refractivity contribution < 1.29 is 10.2 Å². The van der Waals surface area contributed by atoms with Crippen molar-refractivity contribution in [3.8, 4) is 0 Å². The first-order valence-corrected chi connectivity index (χ1v) is 9.26. The average molecular weight is 333 g/mol. The number of aromatic nitrogens is 2. The minimum Gasteiger partial charge on any atom is -0.396 e. The third kappa shape index (κ3) is 3.79. The van der Waals surface area contributed by atoms with Gasteiger partial charge in [-0.05, 0) is 37.7 Å². The molecule has 24 heavy (non-hydrogen) atoms. The van der Waals surface area contributed by atoms with Crippen molar-refractivity contribution in [3.05, 3.63) is 23.8 Å². The van der Waals surface area contributed by atoms with Crippen molar-refractivity contribution >= 4 is 0 Å². The van der Waals surface area contributed by atoms with Crippen molar-refractivity contribution in [1.29, 1.82) is 0 Å². The van der Waals surface area contributed by atoms with E-state index in [2.05, 4.69) is 31.1 Å². The van der Waals surface area contributed by atoms with Crippen LogP contribution >= 0.6 is 0 Å². The van der Waals surface area contributed by atoms with Crippen LogP contribution in [0.1, 0.15) is 58.0 Å². The monoisotopic (exact) mass is 333 g/mol. The summed E-state index contributed by atoms with van der Waals surface area (Å²) in [6, 6.07) is 2.81. The Kier molecular flexibility index (Phi) is 5.23. The summed E-state index contributed by atoms with van der Waals surface area (Å²) in [6.45, 7) is 6.38. The van der Waals surface area contributed by atoms with E-state index in [0.717, 1.165) is 24.4 Å². The van der Waals surface area contributed by atoms with Crippen LogP contribution in [-0.2, 0) is 11.8 Å². The third-order valence-corrected chi connectivity index (χ3v) is 5.65. The lowest BCUT2D eigenvalue weighted by Crippen LogP contribution is -2.45. The Morgan fingerprint density at radius 3 is 2.58 bits per heavy atom. The Morgan fingerprint density at radius 2 is 2.00 bits per heavy atom. The van der Waals surface area contributed by atoms with E-state index >= 15 is 0 Å². The quantitative estimate of drug-likeness (QED) is 0.766. The fourth-order valence-electron chi connectivity index (χ4n) is 3.93. The molecule has 1 heterocycles. The van der Waals surface area contributed by atoms with Gasteiger partial charge in [-0.15, -0.1) is 0 Å². The number of aliphatic hydroxyl groups excluding tert-OH is 2. The molecule has 0 unspecified atom stereocenters. The molecule has 0 spiro atoms. The van der Waals surface area contributed by atoms with Crippen molar-refractivity contribution in [2.24, 2.45) is 11.8 Å². The molecule has 0 aromatic carbocycles. The number of aliphatic hydroxyl groups is 2. The van der Waals surface area contributed by atoms with Crippen LogP contribution in [0.2, 0.25) is 0 Å². The molecule has 4 atom stereocenters. The van der Waals surface area contributed by atoms with E-state index in [9.17, 15) is 10.2 Å². The van der Waals surface area contributed by atoms with Gasteiger partial charge < -0.3 is 15.5 Å². The molecule has 0 bridgehead atoms. The predicted octanol–water partition coefficient (Wildman–Crippen LogP) is 1.82. The first-order chi connectivity index (χ1) is 11.4. The summed E-state index contributed by atoms with van der Waals surface area (Å²) in [5, 5.41) is 23.8. The number of hydrogen-bond acceptors (Lipinski definition) is 5. The molecule has 0 aliphatic heterocycles. The zero-order valence-corrected chi connectivity index (χ0v) is 15.1. The highest BCUT2D eigenvalue weighted by Crippen LogP contribution is 2.36. The zero-order chi connectivity index (χ0) is 17.3. The molecule has 134 valence electrons. The van der Waals surface area contributed by atoms with Crippen LogP contribution in [0.25, 0.3) is 0 Å². The zero-order valence-electron chi connectivity index (χ0n) is 15.1. The molecule has 2 saturated carbocycles. The minimum atomic E-state index is -0.429. The molecule has 5 nitrogen and oxygen atoms in total. The first-order valence-electron chi connectivity index (χ1n) is 9.26. The fourth-order valence-corrected chi connectivity index (χ4v) is 3.93. The Morgan fingerprint density at radius 1 is 1.25 bits per heavy atom. The largest absolute Gasteiger partial charge is 0.396 e. The average Bonchev–Trinajstić information content (AvgIpc) is 2.77. The summed E-state index contributed by atoms with van der Waals surface area (Å²) in [4.78, 5) is 9.15. The highest BCUT2D eigenvalue weighted by Gasteiger charge is 2.43. The Bertz CT molecular complexity index is 554. The number of nitrogens with one attached hydrogen (secondary N) is 1. The molecule has 3 rings (SSSR count). The lowest BCUT2D eigenvalue weighted by molar-refractivity contribution is 0.0714. The summed E-state index contributed by atoms with van der Waals surface area (Å²) >= 11 is 0. The SMILES string of the molecule is CC(C)(C)c1nccc(C[C@@H]2[C@@H](CO)[C@H](O)C[C@H]2NC2CCC2)n1. The molecule has 0 radical (unpaired) electrons. The Balaban J connectivity index is 1.76. The van der Waals surface area contributed by atoms with E-state index < -0.39 is 6.10 Å². The van der Waals surface area contributed by atoms with Gasteiger partial charge in [-0.3, -0.25) is 0 Å². The third-order valence-electron chi connectivity index (χ3n) is 5.65. The fraction of sp³-hybridized carbons (Fsp3) is 0.789. The molecular formula is C19H31N3O2. The second-order valence-electron chi connectivity index (χ2n) is 8.54. The second-order valence-corrected chi connectivity index (χ2v) is 8.54. The van der Waals surface area contributed by atoms with Crippen LogP contribution in [0.15, 0.2) is 12.3 Å². The smallest absolute Gasteiger partial charge is 0.133 e. The highest BCUT2D eigenvalue weighted by molar-refractivity contribution is 5.11. The van der Waals surface area contributed by atoms with Crippen LogP contribution < -0.4 is 5.32 Å². The Labute approximate surface area is 144 Å². The summed E-state index contributed by atoms with van der Waals surface area (Å²) in [5.41, 5.74) is 0.929. The minimum absolute atomic E-state index is 0.0336. The summed E-state index contributed by atoms with van der Waals surface area (Å²) in [7, 11) is 0. The maximum Gasteiger partial charge on any atom is 0.133 e. The normalized spacial score (nSPS) is 31.2. The van der Waals surface area contributed by atoms with Gasteiger partial charge in [-0.25, -0.2) is 9.97 Å². The maximum absolute atomic E-state index is 10.4. The van der Waals surface area contributed by atoms with Crippen molar-refractivity contribution in [2.75, 3.05) is 6.61 Å². The highest BCUT2D eigenvalue weighted by atomic mass is 16.3. The number of nitrogens with zero attached hydrogens (tertiary/aromatic N) is 2. The Hall–Kier alpha value is -1.04. The van der Waals surface area contributed by atoms with E-state index in [1.807, 2.05) is 12.3 Å². The standard InChI is InChI=1S/C19H31N3O2/c1-19(2,3)18-20-8-7-13(22-18)9-14-15(11-23)17(24)10-16(14)21-12-5-4-6-12/h7-8,12,14-17,21,23-24H,4-6,9-11H2,1-3H3/t14-,15-,16-,17-/m1/s1. The van der Waals surface area contributed by atoms with Crippen LogP contribution in [0.4, 0.5) is 0 Å². The van der Waals surface area contributed by atoms with Gasteiger partial charge in [0.2, 0.25) is 0 Å². The van der Waals surface area contributed by atoms with Gasteiger partial charge in [0.25, 0.3) is 0 Å². The molecule has 1 aromatic heterocycles. The molecule has 3 N–H and O–H groups in total. The van der Waals surface area contributed by atoms with Gasteiger partial charge >= 0.3 is 0 Å². The van der Waals surface area contributed by atoms with Gasteiger partial charge in [0, 0.05) is 41.9 Å². The van der Waals surface area contributed by atoms with Gasteiger partial charge in [0.1, 0.15) is 5.82 Å². The van der Waals surface area contributed by atoms with Gasteiger partial charge in [0.05, 0.1) is 6.10 Å². The van der Waals surface area contributed by atoms with E-state index in [1.165, 1.54) is 19.3 Å². The van der Waals surface area contributed by atoms with E-state index in [-0.39, 0.29) is 29.9 Å². The van der Waals surface area contributed by atoms with Gasteiger partial charge in [0.15, 0.2) is 0 Å². The second kappa shape index (κ2) is 7.06. The number of hydrogen-bond donors (Lipinski definition) is 3. The van der Waals surface area contributed by atoms with Gasteiger partial charge in [-0.2, -0.15) is 0 Å². The lowest BCUT2D eigenvalue weighted by atomic mass is 9.86. The van der Waals surface area contributed by atoms with Crippen LogP contribution in [0.3, 0.4) is 0 Å². The summed E-state index contributed by atoms with van der Waals surface area (Å²) in [5.74, 6) is 0.992. The van der Waals surface area contributed by atoms with Crippen molar-refractivity contribution in [3.63, 3.8) is 0 Å². The lowest BCUT2D eigenvalue weighted by Gasteiger charge is -2.33. The molecule has 2 aliphatic rings. The first kappa shape index (κ1) is 17.8. The molecule has 5 heteroatoms. The molecule has 2 fully saturated rings. The van der Waals surface area contributed by atoms with E-state index in [4.69, 9.17) is 4.98 Å². The van der Waals surface area contributed by atoms with E-state index in [1.54, 1.807) is 0 Å². The van der Waals surface area contributed by atoms with Crippen LogP contribution in [0.5, 0.6) is 0 Å². The molecule has 0 saturated heterocycles. The van der Waals surface area contributed by atoms with Crippen LogP contribution in [-0.4, -0.2) is 45.0 Å².